The normalized spacial score (nSPS) is 19.5. The second-order valence-corrected chi connectivity index (χ2v) is 1.68. The van der Waals surface area contributed by atoms with E-state index >= 15 is 0 Å². The lowest BCUT2D eigenvalue weighted by Gasteiger charge is -2.06. The van der Waals surface area contributed by atoms with E-state index in [1.165, 1.54) is 0 Å². The number of rotatable bonds is 0. The van der Waals surface area contributed by atoms with Crippen LogP contribution in [-0.4, -0.2) is 17.6 Å². The van der Waals surface area contributed by atoms with Crippen LogP contribution in [0.4, 0.5) is 0 Å². The largest absolute Gasteiger partial charge is 0.512 e. The highest BCUT2D eigenvalue weighted by Crippen LogP contribution is 1.98. The number of hydrogen-bond acceptors (Lipinski definition) is 2. The maximum atomic E-state index is 10.4. The monoisotopic (exact) mass is 113 g/mol. The predicted molar refractivity (Wildman–Crippen MR) is 28.3 cm³/mol. The van der Waals surface area contributed by atoms with Crippen LogP contribution in [0, 0.1) is 0 Å². The fourth-order valence-corrected chi connectivity index (χ4v) is 0.582. The molecule has 1 rings (SSSR count). The third-order valence-corrected chi connectivity index (χ3v) is 0.979. The van der Waals surface area contributed by atoms with E-state index in [1.807, 2.05) is 0 Å². The maximum Gasteiger partial charge on any atom is 0.227 e. The van der Waals surface area contributed by atoms with E-state index in [0.29, 0.717) is 6.54 Å². The second kappa shape index (κ2) is 1.86. The van der Waals surface area contributed by atoms with E-state index < -0.39 is 0 Å². The average Bonchev–Trinajstić information content (AvgIpc) is 1.64. The van der Waals surface area contributed by atoms with Crippen LogP contribution in [0.1, 0.15) is 6.42 Å². The van der Waals surface area contributed by atoms with Crippen LogP contribution in [-0.2, 0) is 4.79 Å². The zero-order valence-corrected chi connectivity index (χ0v) is 4.35. The molecule has 0 radical (unpaired) electrons. The van der Waals surface area contributed by atoms with Gasteiger partial charge in [0.2, 0.25) is 5.91 Å². The molecule has 1 amide bonds. The molecule has 0 fully saturated rings. The summed E-state index contributed by atoms with van der Waals surface area (Å²) in [5, 5.41) is 11.2. The molecule has 0 atom stereocenters. The first-order valence-electron chi connectivity index (χ1n) is 2.44. The van der Waals surface area contributed by atoms with Crippen molar-refractivity contribution in [3.05, 3.63) is 11.8 Å². The molecule has 0 aliphatic carbocycles. The van der Waals surface area contributed by atoms with Gasteiger partial charge >= 0.3 is 0 Å². The molecule has 0 saturated heterocycles. The molecule has 1 heterocycles. The molecule has 0 aromatic carbocycles. The Kier molecular flexibility index (Phi) is 1.20. The van der Waals surface area contributed by atoms with Gasteiger partial charge in [-0.2, -0.15) is 0 Å². The molecule has 8 heavy (non-hydrogen) atoms. The van der Waals surface area contributed by atoms with Crippen molar-refractivity contribution in [2.24, 2.45) is 0 Å². The van der Waals surface area contributed by atoms with Crippen molar-refractivity contribution in [1.29, 1.82) is 0 Å². The van der Waals surface area contributed by atoms with E-state index in [0.717, 1.165) is 0 Å². The molecule has 0 saturated carbocycles. The number of aliphatic hydroxyl groups is 1. The fourth-order valence-electron chi connectivity index (χ4n) is 0.582. The summed E-state index contributed by atoms with van der Waals surface area (Å²) in [6, 6.07) is 0. The van der Waals surface area contributed by atoms with Crippen molar-refractivity contribution in [2.45, 2.75) is 6.42 Å². The predicted octanol–water partition coefficient (Wildman–Crippen LogP) is -0.0518. The summed E-state index contributed by atoms with van der Waals surface area (Å²) >= 11 is 0. The molecule has 0 unspecified atom stereocenters. The van der Waals surface area contributed by atoms with Gasteiger partial charge in [0.1, 0.15) is 0 Å². The quantitative estimate of drug-likeness (QED) is 0.462. The number of hydrogen-bond donors (Lipinski definition) is 2. The summed E-state index contributed by atoms with van der Waals surface area (Å²) in [7, 11) is 0. The summed E-state index contributed by atoms with van der Waals surface area (Å²) < 4.78 is 0. The highest BCUT2D eigenvalue weighted by Gasteiger charge is 2.06. The van der Waals surface area contributed by atoms with Crippen molar-refractivity contribution in [1.82, 2.24) is 5.32 Å². The Labute approximate surface area is 47.0 Å². The molecule has 0 spiro atoms. The topological polar surface area (TPSA) is 49.3 Å². The molecular formula is C5H7NO2. The lowest BCUT2D eigenvalue weighted by atomic mass is 10.2. The summed E-state index contributed by atoms with van der Waals surface area (Å²) in [5.41, 5.74) is 0. The van der Waals surface area contributed by atoms with Crippen LogP contribution in [0.5, 0.6) is 0 Å². The van der Waals surface area contributed by atoms with E-state index in [2.05, 4.69) is 5.32 Å². The molecular weight excluding hydrogens is 106 g/mol. The molecule has 1 aliphatic heterocycles. The summed E-state index contributed by atoms with van der Waals surface area (Å²) in [6.07, 6.45) is 1.72. The Morgan fingerprint density at radius 3 is 2.88 bits per heavy atom. The zero-order chi connectivity index (χ0) is 5.98. The van der Waals surface area contributed by atoms with Crippen molar-refractivity contribution in [3.63, 3.8) is 0 Å². The van der Waals surface area contributed by atoms with E-state index in [9.17, 15) is 4.79 Å². The highest BCUT2D eigenvalue weighted by atomic mass is 16.3. The van der Waals surface area contributed by atoms with Crippen LogP contribution >= 0.6 is 0 Å². The van der Waals surface area contributed by atoms with Crippen LogP contribution in [0.3, 0.4) is 0 Å². The molecule has 3 nitrogen and oxygen atoms in total. The number of aliphatic hydroxyl groups excluding tert-OH is 1. The number of carbonyl (C=O) groups excluding carboxylic acids is 1. The van der Waals surface area contributed by atoms with Crippen molar-refractivity contribution in [2.75, 3.05) is 6.54 Å². The van der Waals surface area contributed by atoms with Crippen molar-refractivity contribution in [3.8, 4) is 0 Å². The number of amides is 1. The Bertz CT molecular complexity index is 139. The first-order valence-corrected chi connectivity index (χ1v) is 2.44. The molecule has 3 heteroatoms. The molecule has 2 N–H and O–H groups in total. The Balaban J connectivity index is 2.57. The van der Waals surface area contributed by atoms with Gasteiger partial charge in [0.05, 0.1) is 12.2 Å². The third-order valence-electron chi connectivity index (χ3n) is 0.979. The van der Waals surface area contributed by atoms with Crippen LogP contribution in [0.25, 0.3) is 0 Å². The van der Waals surface area contributed by atoms with Gasteiger partial charge in [-0.1, -0.05) is 0 Å². The van der Waals surface area contributed by atoms with Crippen LogP contribution in [0.2, 0.25) is 0 Å². The first kappa shape index (κ1) is 5.15. The van der Waals surface area contributed by atoms with Crippen LogP contribution in [0.15, 0.2) is 11.8 Å². The zero-order valence-electron chi connectivity index (χ0n) is 4.35. The molecule has 1 aliphatic rings. The molecule has 0 aromatic rings. The number of carbonyl (C=O) groups is 1. The van der Waals surface area contributed by atoms with Gasteiger partial charge < -0.3 is 10.4 Å². The smallest absolute Gasteiger partial charge is 0.227 e. The van der Waals surface area contributed by atoms with Gasteiger partial charge in [0.25, 0.3) is 0 Å². The van der Waals surface area contributed by atoms with Gasteiger partial charge in [-0.15, -0.1) is 0 Å². The number of nitrogens with one attached hydrogen (secondary N) is 1. The standard InChI is InChI=1S/C5H7NO2/c7-4-1-2-6-5(8)3-4/h1,7H,2-3H2,(H,6,8). The maximum absolute atomic E-state index is 10.4. The van der Waals surface area contributed by atoms with E-state index in [-0.39, 0.29) is 18.1 Å². The third kappa shape index (κ3) is 0.992. The van der Waals surface area contributed by atoms with Gasteiger partial charge in [0, 0.05) is 6.54 Å². The van der Waals surface area contributed by atoms with Gasteiger partial charge in [0.15, 0.2) is 0 Å². The van der Waals surface area contributed by atoms with Gasteiger partial charge in [-0.3, -0.25) is 4.79 Å². The Morgan fingerprint density at radius 1 is 1.75 bits per heavy atom. The highest BCUT2D eigenvalue weighted by molar-refractivity contribution is 5.79. The van der Waals surface area contributed by atoms with Crippen molar-refractivity contribution >= 4 is 5.91 Å². The fraction of sp³-hybridized carbons (Fsp3) is 0.400. The minimum absolute atomic E-state index is 0.106. The minimum Gasteiger partial charge on any atom is -0.512 e. The molecule has 44 valence electrons. The lowest BCUT2D eigenvalue weighted by molar-refractivity contribution is -0.121. The van der Waals surface area contributed by atoms with Gasteiger partial charge in [-0.05, 0) is 6.08 Å². The van der Waals surface area contributed by atoms with E-state index in [1.54, 1.807) is 6.08 Å². The lowest BCUT2D eigenvalue weighted by Crippen LogP contribution is -2.27. The Morgan fingerprint density at radius 2 is 2.50 bits per heavy atom. The molecule has 0 bridgehead atoms. The molecule has 0 aromatic heterocycles. The first-order chi connectivity index (χ1) is 3.79. The SMILES string of the molecule is O=C1CC(O)=CCN1. The minimum atomic E-state index is -0.106. The average molecular weight is 113 g/mol. The Hall–Kier alpha value is -0.990. The second-order valence-electron chi connectivity index (χ2n) is 1.68. The van der Waals surface area contributed by atoms with Gasteiger partial charge in [-0.25, -0.2) is 0 Å². The van der Waals surface area contributed by atoms with Crippen LogP contribution < -0.4 is 5.32 Å². The van der Waals surface area contributed by atoms with Crippen molar-refractivity contribution < 1.29 is 9.90 Å². The summed E-state index contributed by atoms with van der Waals surface area (Å²) in [5.74, 6) is 0.0683. The van der Waals surface area contributed by atoms with E-state index in [4.69, 9.17) is 5.11 Å². The summed E-state index contributed by atoms with van der Waals surface area (Å²) in [4.78, 5) is 10.4. The summed E-state index contributed by atoms with van der Waals surface area (Å²) in [6.45, 7) is 0.463.